The molecule has 1 saturated heterocycles. The lowest BCUT2D eigenvalue weighted by molar-refractivity contribution is -0.130. The smallest absolute Gasteiger partial charge is 0.227 e. The molecule has 2 amide bonds. The van der Waals surface area contributed by atoms with E-state index in [-0.39, 0.29) is 29.2 Å². The minimum absolute atomic E-state index is 0.000363. The Morgan fingerprint density at radius 1 is 1.24 bits per heavy atom. The van der Waals surface area contributed by atoms with Crippen molar-refractivity contribution < 1.29 is 9.59 Å². The molecule has 25 heavy (non-hydrogen) atoms. The number of carbonyl (C=O) groups excluding carboxylic acids is 2. The molecule has 0 bridgehead atoms. The molecule has 1 aromatic rings. The first-order valence-electron chi connectivity index (χ1n) is 9.54. The van der Waals surface area contributed by atoms with E-state index in [2.05, 4.69) is 5.32 Å². The predicted octanol–water partition coefficient (Wildman–Crippen LogP) is 3.08. The van der Waals surface area contributed by atoms with Gasteiger partial charge in [0, 0.05) is 24.5 Å². The number of carbonyl (C=O) groups is 2. The number of likely N-dealkylation sites (tertiary alicyclic amines) is 1. The third kappa shape index (κ3) is 3.73. The van der Waals surface area contributed by atoms with Crippen LogP contribution in [-0.2, 0) is 16.0 Å². The van der Waals surface area contributed by atoms with Crippen LogP contribution in [0, 0.1) is 18.3 Å². The summed E-state index contributed by atoms with van der Waals surface area (Å²) in [7, 11) is 0. The molecular formula is C21H30N2O2. The van der Waals surface area contributed by atoms with Crippen LogP contribution in [0.3, 0.4) is 0 Å². The van der Waals surface area contributed by atoms with Crippen LogP contribution < -0.4 is 5.32 Å². The van der Waals surface area contributed by atoms with Gasteiger partial charge in [-0.1, -0.05) is 37.1 Å². The summed E-state index contributed by atoms with van der Waals surface area (Å²) in [4.78, 5) is 27.6. The van der Waals surface area contributed by atoms with E-state index in [0.29, 0.717) is 13.0 Å². The number of nitrogens with zero attached hydrogens (tertiary/aromatic N) is 1. The van der Waals surface area contributed by atoms with Crippen LogP contribution in [0.1, 0.15) is 50.7 Å². The van der Waals surface area contributed by atoms with Gasteiger partial charge in [0.25, 0.3) is 0 Å². The summed E-state index contributed by atoms with van der Waals surface area (Å²) < 4.78 is 0. The SMILES string of the molecule is Cc1ccccc1CC(=O)N1CC(C(=O)NC(C)C)C2(CCCC2)C1. The van der Waals surface area contributed by atoms with E-state index in [0.717, 1.165) is 30.5 Å². The van der Waals surface area contributed by atoms with E-state index >= 15 is 0 Å². The average molecular weight is 342 g/mol. The van der Waals surface area contributed by atoms with Gasteiger partial charge in [-0.25, -0.2) is 0 Å². The number of hydrogen-bond donors (Lipinski definition) is 1. The summed E-state index contributed by atoms with van der Waals surface area (Å²) in [6.45, 7) is 7.35. The zero-order valence-corrected chi connectivity index (χ0v) is 15.7. The third-order valence-electron chi connectivity index (χ3n) is 5.95. The number of aryl methyl sites for hydroxylation is 1. The zero-order chi connectivity index (χ0) is 18.0. The van der Waals surface area contributed by atoms with Crippen molar-refractivity contribution in [1.29, 1.82) is 0 Å². The fraction of sp³-hybridized carbons (Fsp3) is 0.619. The highest BCUT2D eigenvalue weighted by Crippen LogP contribution is 2.49. The molecule has 4 heteroatoms. The van der Waals surface area contributed by atoms with E-state index in [1.165, 1.54) is 12.8 Å². The molecule has 1 aliphatic heterocycles. The Morgan fingerprint density at radius 3 is 2.56 bits per heavy atom. The van der Waals surface area contributed by atoms with E-state index in [1.54, 1.807) is 0 Å². The zero-order valence-electron chi connectivity index (χ0n) is 15.7. The monoisotopic (exact) mass is 342 g/mol. The van der Waals surface area contributed by atoms with Crippen LogP contribution in [-0.4, -0.2) is 35.8 Å². The van der Waals surface area contributed by atoms with Gasteiger partial charge in [-0.2, -0.15) is 0 Å². The van der Waals surface area contributed by atoms with Gasteiger partial charge in [-0.15, -0.1) is 0 Å². The lowest BCUT2D eigenvalue weighted by Gasteiger charge is -2.29. The molecule has 1 spiro atoms. The van der Waals surface area contributed by atoms with E-state index in [4.69, 9.17) is 0 Å². The number of benzene rings is 1. The number of hydrogen-bond acceptors (Lipinski definition) is 2. The largest absolute Gasteiger partial charge is 0.354 e. The van der Waals surface area contributed by atoms with Crippen LogP contribution in [0.25, 0.3) is 0 Å². The predicted molar refractivity (Wildman–Crippen MR) is 99.1 cm³/mol. The molecular weight excluding hydrogens is 312 g/mol. The molecule has 3 rings (SSSR count). The van der Waals surface area contributed by atoms with Crippen molar-refractivity contribution in [3.63, 3.8) is 0 Å². The average Bonchev–Trinajstić information content (AvgIpc) is 3.17. The molecule has 1 saturated carbocycles. The van der Waals surface area contributed by atoms with Gasteiger partial charge in [-0.05, 0) is 44.7 Å². The summed E-state index contributed by atoms with van der Waals surface area (Å²) in [6, 6.07) is 8.19. The Labute approximate surface area is 151 Å². The molecule has 1 atom stereocenters. The number of amides is 2. The number of nitrogens with one attached hydrogen (secondary N) is 1. The summed E-state index contributed by atoms with van der Waals surface area (Å²) in [6.07, 6.45) is 4.91. The highest BCUT2D eigenvalue weighted by molar-refractivity contribution is 5.84. The van der Waals surface area contributed by atoms with Gasteiger partial charge in [0.15, 0.2) is 0 Å². The molecule has 0 aromatic heterocycles. The Kier molecular flexibility index (Phi) is 5.16. The van der Waals surface area contributed by atoms with Crippen LogP contribution in [0.2, 0.25) is 0 Å². The first kappa shape index (κ1) is 18.0. The minimum atomic E-state index is -0.0572. The normalized spacial score (nSPS) is 21.9. The topological polar surface area (TPSA) is 49.4 Å². The number of rotatable bonds is 4. The van der Waals surface area contributed by atoms with E-state index in [1.807, 2.05) is 49.9 Å². The van der Waals surface area contributed by atoms with E-state index < -0.39 is 0 Å². The van der Waals surface area contributed by atoms with Crippen molar-refractivity contribution in [1.82, 2.24) is 10.2 Å². The van der Waals surface area contributed by atoms with Gasteiger partial charge in [0.1, 0.15) is 0 Å². The summed E-state index contributed by atoms with van der Waals surface area (Å²) in [5, 5.41) is 3.08. The van der Waals surface area contributed by atoms with Crippen molar-refractivity contribution in [2.75, 3.05) is 13.1 Å². The standard InChI is InChI=1S/C21H30N2O2/c1-15(2)22-20(25)18-13-23(14-21(18)10-6-7-11-21)19(24)12-17-9-5-4-8-16(17)3/h4-5,8-9,15,18H,6-7,10-14H2,1-3H3,(H,22,25). The minimum Gasteiger partial charge on any atom is -0.354 e. The van der Waals surface area contributed by atoms with Crippen molar-refractivity contribution in [3.05, 3.63) is 35.4 Å². The highest BCUT2D eigenvalue weighted by Gasteiger charge is 2.52. The molecule has 2 aliphatic rings. The molecule has 1 unspecified atom stereocenters. The Bertz CT molecular complexity index is 647. The third-order valence-corrected chi connectivity index (χ3v) is 5.95. The molecule has 2 fully saturated rings. The quantitative estimate of drug-likeness (QED) is 0.914. The van der Waals surface area contributed by atoms with Gasteiger partial charge in [0.2, 0.25) is 11.8 Å². The molecule has 0 radical (unpaired) electrons. The Balaban J connectivity index is 1.74. The first-order chi connectivity index (χ1) is 11.9. The summed E-state index contributed by atoms with van der Waals surface area (Å²) in [5.74, 6) is 0.224. The maximum Gasteiger partial charge on any atom is 0.227 e. The van der Waals surface area contributed by atoms with Crippen LogP contribution in [0.15, 0.2) is 24.3 Å². The fourth-order valence-electron chi connectivity index (χ4n) is 4.57. The second-order valence-electron chi connectivity index (χ2n) is 8.16. The molecule has 1 heterocycles. The Morgan fingerprint density at radius 2 is 1.92 bits per heavy atom. The van der Waals surface area contributed by atoms with E-state index in [9.17, 15) is 9.59 Å². The summed E-state index contributed by atoms with van der Waals surface area (Å²) >= 11 is 0. The van der Waals surface area contributed by atoms with Crippen LogP contribution >= 0.6 is 0 Å². The lowest BCUT2D eigenvalue weighted by Crippen LogP contribution is -2.42. The first-order valence-corrected chi connectivity index (χ1v) is 9.54. The summed E-state index contributed by atoms with van der Waals surface area (Å²) in [5.41, 5.74) is 2.24. The second-order valence-corrected chi connectivity index (χ2v) is 8.16. The second kappa shape index (κ2) is 7.19. The van der Waals surface area contributed by atoms with Gasteiger partial charge < -0.3 is 10.2 Å². The highest BCUT2D eigenvalue weighted by atomic mass is 16.2. The maximum absolute atomic E-state index is 12.9. The molecule has 4 nitrogen and oxygen atoms in total. The molecule has 1 aromatic carbocycles. The molecule has 136 valence electrons. The van der Waals surface area contributed by atoms with Crippen molar-refractivity contribution in [2.45, 2.75) is 58.9 Å². The van der Waals surface area contributed by atoms with Gasteiger partial charge in [0.05, 0.1) is 12.3 Å². The lowest BCUT2D eigenvalue weighted by atomic mass is 9.76. The molecule has 1 aliphatic carbocycles. The van der Waals surface area contributed by atoms with Crippen molar-refractivity contribution >= 4 is 11.8 Å². The van der Waals surface area contributed by atoms with Crippen LogP contribution in [0.5, 0.6) is 0 Å². The van der Waals surface area contributed by atoms with Crippen molar-refractivity contribution in [3.8, 4) is 0 Å². The molecule has 1 N–H and O–H groups in total. The fourth-order valence-corrected chi connectivity index (χ4v) is 4.57. The van der Waals surface area contributed by atoms with Crippen LogP contribution in [0.4, 0.5) is 0 Å². The van der Waals surface area contributed by atoms with Gasteiger partial charge in [-0.3, -0.25) is 9.59 Å². The Hall–Kier alpha value is -1.84. The van der Waals surface area contributed by atoms with Gasteiger partial charge >= 0.3 is 0 Å². The van der Waals surface area contributed by atoms with Crippen molar-refractivity contribution in [2.24, 2.45) is 11.3 Å². The maximum atomic E-state index is 12.9.